The average molecular weight is 384 g/mol. The Morgan fingerprint density at radius 1 is 1.23 bits per heavy atom. The fourth-order valence-corrected chi connectivity index (χ4v) is 2.74. The van der Waals surface area contributed by atoms with Crippen molar-refractivity contribution in [2.24, 2.45) is 0 Å². The topological polar surface area (TPSA) is 42.0 Å². The highest BCUT2D eigenvalue weighted by atomic mass is 35.5. The molecule has 0 radical (unpaired) electrons. The number of rotatable bonds is 4. The van der Waals surface area contributed by atoms with Gasteiger partial charge in [0.2, 0.25) is 0 Å². The molecule has 1 amide bonds. The number of benzene rings is 1. The first-order valence-corrected chi connectivity index (χ1v) is 7.75. The number of nitrogens with one attached hydrogen (secondary N) is 1. The Morgan fingerprint density at radius 2 is 1.95 bits per heavy atom. The van der Waals surface area contributed by atoms with Gasteiger partial charge in [-0.25, -0.2) is 4.98 Å². The number of carbonyl (C=O) groups is 1. The molecule has 0 bridgehead atoms. The van der Waals surface area contributed by atoms with Gasteiger partial charge in [-0.2, -0.15) is 8.78 Å². The molecular formula is C13H7Cl3F2N2OS. The van der Waals surface area contributed by atoms with Crippen molar-refractivity contribution >= 4 is 58.2 Å². The number of nitrogens with zero attached hydrogens (tertiary/aromatic N) is 1. The van der Waals surface area contributed by atoms with Crippen LogP contribution < -0.4 is 5.32 Å². The number of pyridine rings is 1. The van der Waals surface area contributed by atoms with Crippen molar-refractivity contribution < 1.29 is 13.6 Å². The standard InChI is InChI=1S/C13H7Cl3F2N2OS/c14-7-2-1-3-9(10(7)22-13(17)18)20-12(21)6-4-8(15)11(16)19-5-6/h1-5,13H,(H,20,21). The fraction of sp³-hybridized carbons (Fsp3) is 0.0769. The Morgan fingerprint density at radius 3 is 2.59 bits per heavy atom. The van der Waals surface area contributed by atoms with E-state index in [1.807, 2.05) is 0 Å². The molecule has 116 valence electrons. The van der Waals surface area contributed by atoms with Gasteiger partial charge in [0.25, 0.3) is 11.7 Å². The molecule has 3 nitrogen and oxygen atoms in total. The molecule has 1 N–H and O–H groups in total. The van der Waals surface area contributed by atoms with Crippen LogP contribution in [0.4, 0.5) is 14.5 Å². The van der Waals surface area contributed by atoms with E-state index >= 15 is 0 Å². The highest BCUT2D eigenvalue weighted by Crippen LogP contribution is 2.37. The van der Waals surface area contributed by atoms with Gasteiger partial charge in [0.05, 0.1) is 26.2 Å². The third kappa shape index (κ3) is 4.23. The van der Waals surface area contributed by atoms with Crippen LogP contribution in [0.3, 0.4) is 0 Å². The normalized spacial score (nSPS) is 10.8. The molecule has 1 aromatic heterocycles. The summed E-state index contributed by atoms with van der Waals surface area (Å²) in [6, 6.07) is 5.80. The fourth-order valence-electron chi connectivity index (χ4n) is 1.56. The maximum absolute atomic E-state index is 12.6. The zero-order valence-corrected chi connectivity index (χ0v) is 13.7. The van der Waals surface area contributed by atoms with Gasteiger partial charge >= 0.3 is 0 Å². The molecule has 2 rings (SSSR count). The van der Waals surface area contributed by atoms with Gasteiger partial charge in [0.15, 0.2) is 0 Å². The largest absolute Gasteiger partial charge is 0.321 e. The number of anilines is 1. The van der Waals surface area contributed by atoms with Crippen molar-refractivity contribution in [2.75, 3.05) is 5.32 Å². The summed E-state index contributed by atoms with van der Waals surface area (Å²) in [5.74, 6) is -3.23. The van der Waals surface area contributed by atoms with E-state index in [2.05, 4.69) is 10.3 Å². The number of aromatic nitrogens is 1. The van der Waals surface area contributed by atoms with Crippen LogP contribution in [-0.2, 0) is 0 Å². The van der Waals surface area contributed by atoms with Gasteiger partial charge in [-0.15, -0.1) is 0 Å². The molecule has 0 unspecified atom stereocenters. The van der Waals surface area contributed by atoms with E-state index in [1.165, 1.54) is 24.4 Å². The van der Waals surface area contributed by atoms with Gasteiger partial charge in [-0.3, -0.25) is 4.79 Å². The highest BCUT2D eigenvalue weighted by Gasteiger charge is 2.16. The zero-order valence-electron chi connectivity index (χ0n) is 10.6. The summed E-state index contributed by atoms with van der Waals surface area (Å²) < 4.78 is 25.2. The maximum Gasteiger partial charge on any atom is 0.289 e. The van der Waals surface area contributed by atoms with Gasteiger partial charge < -0.3 is 5.32 Å². The number of hydrogen-bond donors (Lipinski definition) is 1. The Bertz CT molecular complexity index is 716. The van der Waals surface area contributed by atoms with Crippen LogP contribution in [0.2, 0.25) is 15.2 Å². The lowest BCUT2D eigenvalue weighted by atomic mass is 10.2. The van der Waals surface area contributed by atoms with Crippen LogP contribution in [-0.4, -0.2) is 16.6 Å². The van der Waals surface area contributed by atoms with Gasteiger partial charge in [0, 0.05) is 6.20 Å². The van der Waals surface area contributed by atoms with E-state index in [-0.39, 0.29) is 43.1 Å². The van der Waals surface area contributed by atoms with Crippen LogP contribution in [0.15, 0.2) is 35.4 Å². The number of halogens is 5. The first-order chi connectivity index (χ1) is 10.4. The predicted molar refractivity (Wildman–Crippen MR) is 85.5 cm³/mol. The smallest absolute Gasteiger partial charge is 0.289 e. The molecule has 22 heavy (non-hydrogen) atoms. The SMILES string of the molecule is O=C(Nc1cccc(Cl)c1SC(F)F)c1cnc(Cl)c(Cl)c1. The van der Waals surface area contributed by atoms with Crippen molar-refractivity contribution in [3.8, 4) is 0 Å². The molecular weight excluding hydrogens is 377 g/mol. The Kier molecular flexibility index (Phi) is 5.86. The Labute approximate surface area is 144 Å². The molecule has 0 atom stereocenters. The summed E-state index contributed by atoms with van der Waals surface area (Å²) in [5.41, 5.74) is 0.316. The van der Waals surface area contributed by atoms with E-state index in [9.17, 15) is 13.6 Å². The van der Waals surface area contributed by atoms with Gasteiger partial charge in [-0.05, 0) is 18.2 Å². The third-order valence-corrected chi connectivity index (χ3v) is 4.45. The first-order valence-electron chi connectivity index (χ1n) is 5.74. The maximum atomic E-state index is 12.6. The minimum atomic E-state index is -2.66. The minimum Gasteiger partial charge on any atom is -0.321 e. The van der Waals surface area contributed by atoms with Gasteiger partial charge in [-0.1, -0.05) is 52.6 Å². The monoisotopic (exact) mass is 382 g/mol. The van der Waals surface area contributed by atoms with Crippen molar-refractivity contribution in [1.29, 1.82) is 0 Å². The van der Waals surface area contributed by atoms with Crippen LogP contribution in [0.1, 0.15) is 10.4 Å². The van der Waals surface area contributed by atoms with Crippen molar-refractivity contribution in [3.05, 3.63) is 51.2 Å². The zero-order chi connectivity index (χ0) is 16.3. The van der Waals surface area contributed by atoms with Crippen LogP contribution in [0, 0.1) is 0 Å². The Hall–Kier alpha value is -1.08. The first kappa shape index (κ1) is 17.3. The second kappa shape index (κ2) is 7.46. The van der Waals surface area contributed by atoms with E-state index in [0.717, 1.165) is 0 Å². The molecule has 0 fully saturated rings. The lowest BCUT2D eigenvalue weighted by molar-refractivity contribution is 0.102. The number of amides is 1. The summed E-state index contributed by atoms with van der Waals surface area (Å²) in [5, 5.41) is 2.80. The molecule has 0 aliphatic heterocycles. The molecule has 2 aromatic rings. The summed E-state index contributed by atoms with van der Waals surface area (Å²) in [4.78, 5) is 16.0. The molecule has 0 spiro atoms. The lowest BCUT2D eigenvalue weighted by Gasteiger charge is -2.12. The second-order valence-corrected chi connectivity index (χ2v) is 6.12. The van der Waals surface area contributed by atoms with Gasteiger partial charge in [0.1, 0.15) is 5.15 Å². The lowest BCUT2D eigenvalue weighted by Crippen LogP contribution is -2.13. The number of alkyl halides is 2. The Balaban J connectivity index is 2.28. The summed E-state index contributed by atoms with van der Waals surface area (Å²) in [7, 11) is 0. The number of thioether (sulfide) groups is 1. The summed E-state index contributed by atoms with van der Waals surface area (Å²) >= 11 is 17.6. The van der Waals surface area contributed by atoms with E-state index in [0.29, 0.717) is 0 Å². The van der Waals surface area contributed by atoms with Crippen LogP contribution in [0.5, 0.6) is 0 Å². The van der Waals surface area contributed by atoms with E-state index in [4.69, 9.17) is 34.8 Å². The molecule has 0 aliphatic carbocycles. The van der Waals surface area contributed by atoms with Crippen molar-refractivity contribution in [2.45, 2.75) is 10.7 Å². The minimum absolute atomic E-state index is 0.0647. The third-order valence-electron chi connectivity index (χ3n) is 2.48. The van der Waals surface area contributed by atoms with Crippen LogP contribution in [0.25, 0.3) is 0 Å². The average Bonchev–Trinajstić information content (AvgIpc) is 2.45. The second-order valence-electron chi connectivity index (χ2n) is 3.95. The predicted octanol–water partition coefficient (Wildman–Crippen LogP) is 5.61. The van der Waals surface area contributed by atoms with E-state index in [1.54, 1.807) is 6.07 Å². The molecule has 0 saturated heterocycles. The van der Waals surface area contributed by atoms with Crippen molar-refractivity contribution in [3.63, 3.8) is 0 Å². The highest BCUT2D eigenvalue weighted by molar-refractivity contribution is 7.99. The number of hydrogen-bond acceptors (Lipinski definition) is 3. The number of carbonyl (C=O) groups excluding carboxylic acids is 1. The molecule has 1 aromatic carbocycles. The summed E-state index contributed by atoms with van der Waals surface area (Å²) in [6.45, 7) is 0. The molecule has 1 heterocycles. The molecule has 0 saturated carbocycles. The van der Waals surface area contributed by atoms with Crippen molar-refractivity contribution in [1.82, 2.24) is 4.98 Å². The quantitative estimate of drug-likeness (QED) is 0.551. The van der Waals surface area contributed by atoms with Crippen LogP contribution >= 0.6 is 46.6 Å². The molecule has 9 heteroatoms. The van der Waals surface area contributed by atoms with E-state index < -0.39 is 11.7 Å². The summed E-state index contributed by atoms with van der Waals surface area (Å²) in [6.07, 6.45) is 1.23. The molecule has 0 aliphatic rings.